The topological polar surface area (TPSA) is 72.6 Å². The first-order chi connectivity index (χ1) is 11.1. The van der Waals surface area contributed by atoms with E-state index in [1.54, 1.807) is 0 Å². The van der Waals surface area contributed by atoms with Gasteiger partial charge in [-0.05, 0) is 46.9 Å². The molecule has 2 aromatic carbocycles. The van der Waals surface area contributed by atoms with E-state index in [0.717, 1.165) is 3.57 Å². The summed E-state index contributed by atoms with van der Waals surface area (Å²) >= 11 is 2.15. The summed E-state index contributed by atoms with van der Waals surface area (Å²) in [5.74, 6) is -0.0151. The SMILES string of the molecule is NC(=O)CCN(C(=O)COc1ccccc1I)c1ccccc1. The molecule has 2 rings (SSSR count). The number of primary amides is 1. The Hall–Kier alpha value is -2.09. The van der Waals surface area contributed by atoms with Crippen molar-refractivity contribution >= 4 is 40.1 Å². The Balaban J connectivity index is 2.07. The van der Waals surface area contributed by atoms with Gasteiger partial charge in [0.05, 0.1) is 3.57 Å². The number of rotatable bonds is 7. The maximum absolute atomic E-state index is 12.5. The maximum Gasteiger partial charge on any atom is 0.264 e. The molecule has 0 aliphatic heterocycles. The fourth-order valence-electron chi connectivity index (χ4n) is 2.01. The van der Waals surface area contributed by atoms with Crippen LogP contribution in [0.1, 0.15) is 6.42 Å². The van der Waals surface area contributed by atoms with Crippen LogP contribution in [0.4, 0.5) is 5.69 Å². The van der Waals surface area contributed by atoms with Crippen molar-refractivity contribution in [3.63, 3.8) is 0 Å². The molecule has 0 aromatic heterocycles. The third-order valence-corrected chi connectivity index (χ3v) is 4.03. The van der Waals surface area contributed by atoms with Crippen LogP contribution in [0.5, 0.6) is 5.75 Å². The second-order valence-corrected chi connectivity index (χ2v) is 5.98. The lowest BCUT2D eigenvalue weighted by molar-refractivity contribution is -0.120. The zero-order chi connectivity index (χ0) is 16.7. The third-order valence-electron chi connectivity index (χ3n) is 3.14. The zero-order valence-corrected chi connectivity index (χ0v) is 14.6. The van der Waals surface area contributed by atoms with Crippen LogP contribution in [0.15, 0.2) is 54.6 Å². The fourth-order valence-corrected chi connectivity index (χ4v) is 2.55. The molecule has 2 amide bonds. The second kappa shape index (κ2) is 8.52. The van der Waals surface area contributed by atoms with Gasteiger partial charge in [-0.1, -0.05) is 30.3 Å². The van der Waals surface area contributed by atoms with Crippen LogP contribution in [0.3, 0.4) is 0 Å². The van der Waals surface area contributed by atoms with E-state index in [1.807, 2.05) is 54.6 Å². The van der Waals surface area contributed by atoms with E-state index in [0.29, 0.717) is 11.4 Å². The van der Waals surface area contributed by atoms with Crippen molar-refractivity contribution in [1.82, 2.24) is 0 Å². The van der Waals surface area contributed by atoms with Gasteiger partial charge < -0.3 is 15.4 Å². The number of para-hydroxylation sites is 2. The number of hydrogen-bond acceptors (Lipinski definition) is 3. The predicted octanol–water partition coefficient (Wildman–Crippen LogP) is 2.58. The van der Waals surface area contributed by atoms with Gasteiger partial charge in [-0.2, -0.15) is 0 Å². The second-order valence-electron chi connectivity index (χ2n) is 4.82. The number of carbonyl (C=O) groups is 2. The first-order valence-electron chi connectivity index (χ1n) is 7.09. The van der Waals surface area contributed by atoms with Crippen LogP contribution in [0.2, 0.25) is 0 Å². The number of nitrogens with zero attached hydrogens (tertiary/aromatic N) is 1. The predicted molar refractivity (Wildman–Crippen MR) is 97.3 cm³/mol. The zero-order valence-electron chi connectivity index (χ0n) is 12.4. The Labute approximate surface area is 148 Å². The van der Waals surface area contributed by atoms with Crippen molar-refractivity contribution in [2.75, 3.05) is 18.1 Å². The minimum absolute atomic E-state index is 0.101. The number of carbonyl (C=O) groups excluding carboxylic acids is 2. The Morgan fingerprint density at radius 1 is 1.04 bits per heavy atom. The third kappa shape index (κ3) is 5.24. The fraction of sp³-hybridized carbons (Fsp3) is 0.176. The molecule has 0 saturated carbocycles. The summed E-state index contributed by atoms with van der Waals surface area (Å²) in [6, 6.07) is 16.6. The van der Waals surface area contributed by atoms with Gasteiger partial charge in [0.1, 0.15) is 5.75 Å². The summed E-state index contributed by atoms with van der Waals surface area (Å²) in [6.45, 7) is 0.126. The van der Waals surface area contributed by atoms with Crippen LogP contribution < -0.4 is 15.4 Å². The summed E-state index contributed by atoms with van der Waals surface area (Å²) in [7, 11) is 0. The van der Waals surface area contributed by atoms with Gasteiger partial charge in [0.2, 0.25) is 5.91 Å². The minimum atomic E-state index is -0.447. The lowest BCUT2D eigenvalue weighted by Crippen LogP contribution is -2.37. The molecule has 0 heterocycles. The molecule has 6 heteroatoms. The number of anilines is 1. The van der Waals surface area contributed by atoms with E-state index >= 15 is 0 Å². The molecule has 23 heavy (non-hydrogen) atoms. The van der Waals surface area contributed by atoms with Gasteiger partial charge in [-0.3, -0.25) is 9.59 Å². The van der Waals surface area contributed by atoms with Crippen LogP contribution in [0, 0.1) is 3.57 Å². The Morgan fingerprint density at radius 2 is 1.70 bits per heavy atom. The highest BCUT2D eigenvalue weighted by Gasteiger charge is 2.17. The van der Waals surface area contributed by atoms with Crippen molar-refractivity contribution in [1.29, 1.82) is 0 Å². The van der Waals surface area contributed by atoms with Crippen LogP contribution in [0.25, 0.3) is 0 Å². The molecule has 0 aliphatic carbocycles. The number of ether oxygens (including phenoxy) is 1. The summed E-state index contributed by atoms with van der Waals surface area (Å²) in [6.07, 6.45) is 0.101. The highest BCUT2D eigenvalue weighted by atomic mass is 127. The summed E-state index contributed by atoms with van der Waals surface area (Å²) in [5, 5.41) is 0. The quantitative estimate of drug-likeness (QED) is 0.695. The van der Waals surface area contributed by atoms with Crippen LogP contribution >= 0.6 is 22.6 Å². The van der Waals surface area contributed by atoms with Gasteiger partial charge in [-0.15, -0.1) is 0 Å². The van der Waals surface area contributed by atoms with Gasteiger partial charge in [0, 0.05) is 18.7 Å². The molecule has 0 unspecified atom stereocenters. The van der Waals surface area contributed by atoms with E-state index in [4.69, 9.17) is 10.5 Å². The molecule has 5 nitrogen and oxygen atoms in total. The molecule has 2 N–H and O–H groups in total. The van der Waals surface area contributed by atoms with Gasteiger partial charge in [0.15, 0.2) is 6.61 Å². The van der Waals surface area contributed by atoms with Gasteiger partial charge in [0.25, 0.3) is 5.91 Å². The number of nitrogens with two attached hydrogens (primary N) is 1. The largest absolute Gasteiger partial charge is 0.483 e. The normalized spacial score (nSPS) is 10.1. The van der Waals surface area contributed by atoms with Crippen LogP contribution in [-0.4, -0.2) is 25.0 Å². The maximum atomic E-state index is 12.5. The van der Waals surface area contributed by atoms with E-state index in [1.165, 1.54) is 4.90 Å². The molecule has 0 radical (unpaired) electrons. The lowest BCUT2D eigenvalue weighted by Gasteiger charge is -2.22. The Bertz CT molecular complexity index is 677. The first-order valence-corrected chi connectivity index (χ1v) is 8.17. The number of halogens is 1. The van der Waals surface area contributed by atoms with Gasteiger partial charge >= 0.3 is 0 Å². The molecule has 0 aliphatic rings. The van der Waals surface area contributed by atoms with Crippen molar-refractivity contribution in [2.24, 2.45) is 5.73 Å². The van der Waals surface area contributed by atoms with Crippen LogP contribution in [-0.2, 0) is 9.59 Å². The number of amides is 2. The van der Waals surface area contributed by atoms with E-state index in [9.17, 15) is 9.59 Å². The molecule has 0 saturated heterocycles. The number of hydrogen-bond donors (Lipinski definition) is 1. The molecular weight excluding hydrogens is 407 g/mol. The van der Waals surface area contributed by atoms with E-state index in [-0.39, 0.29) is 25.5 Å². The molecular formula is C17H17IN2O3. The van der Waals surface area contributed by atoms with Crippen molar-refractivity contribution in [3.8, 4) is 5.75 Å². The smallest absolute Gasteiger partial charge is 0.264 e. The average Bonchev–Trinajstić information content (AvgIpc) is 2.55. The van der Waals surface area contributed by atoms with Crippen molar-refractivity contribution < 1.29 is 14.3 Å². The molecule has 2 aromatic rings. The molecule has 120 valence electrons. The van der Waals surface area contributed by atoms with Crippen molar-refractivity contribution in [2.45, 2.75) is 6.42 Å². The Morgan fingerprint density at radius 3 is 2.35 bits per heavy atom. The standard InChI is InChI=1S/C17H17IN2O3/c18-14-8-4-5-9-15(14)23-12-17(22)20(11-10-16(19)21)13-6-2-1-3-7-13/h1-9H,10-12H2,(H2,19,21). The molecule has 0 bridgehead atoms. The monoisotopic (exact) mass is 424 g/mol. The number of benzene rings is 2. The Kier molecular flexibility index (Phi) is 6.40. The lowest BCUT2D eigenvalue weighted by atomic mass is 10.2. The molecule has 0 atom stereocenters. The summed E-state index contributed by atoms with van der Waals surface area (Å²) in [4.78, 5) is 25.0. The molecule has 0 spiro atoms. The van der Waals surface area contributed by atoms with Crippen molar-refractivity contribution in [3.05, 3.63) is 58.2 Å². The summed E-state index contributed by atoms with van der Waals surface area (Å²) < 4.78 is 6.52. The average molecular weight is 424 g/mol. The van der Waals surface area contributed by atoms with E-state index in [2.05, 4.69) is 22.6 Å². The molecule has 0 fully saturated rings. The highest BCUT2D eigenvalue weighted by molar-refractivity contribution is 14.1. The van der Waals surface area contributed by atoms with Gasteiger partial charge in [-0.25, -0.2) is 0 Å². The van der Waals surface area contributed by atoms with E-state index < -0.39 is 5.91 Å². The first kappa shape index (κ1) is 17.3. The minimum Gasteiger partial charge on any atom is -0.483 e. The highest BCUT2D eigenvalue weighted by Crippen LogP contribution is 2.20. The summed E-state index contributed by atoms with van der Waals surface area (Å²) in [5.41, 5.74) is 5.91.